The Labute approximate surface area is 107 Å². The number of hydrogen-bond donors (Lipinski definition) is 2. The molecule has 1 aliphatic rings. The number of hydrogen-bond acceptors (Lipinski definition) is 3. The van der Waals surface area contributed by atoms with E-state index in [2.05, 4.69) is 22.4 Å². The Morgan fingerprint density at radius 3 is 2.72 bits per heavy atom. The van der Waals surface area contributed by atoms with E-state index in [-0.39, 0.29) is 0 Å². The van der Waals surface area contributed by atoms with Crippen molar-refractivity contribution >= 4 is 11.5 Å². The highest BCUT2D eigenvalue weighted by Gasteiger charge is 2.11. The summed E-state index contributed by atoms with van der Waals surface area (Å²) in [6, 6.07) is 12.2. The molecule has 18 heavy (non-hydrogen) atoms. The van der Waals surface area contributed by atoms with Crippen molar-refractivity contribution in [2.75, 3.05) is 11.1 Å². The number of nitrogen functional groups attached to an aromatic ring is 1. The summed E-state index contributed by atoms with van der Waals surface area (Å²) in [5.41, 5.74) is 10.3. The highest BCUT2D eigenvalue weighted by Crippen LogP contribution is 2.21. The first-order chi connectivity index (χ1) is 8.81. The summed E-state index contributed by atoms with van der Waals surface area (Å²) in [6.07, 6.45) is 3.54. The maximum Gasteiger partial charge on any atom is 0.126 e. The third kappa shape index (κ3) is 2.30. The molecule has 92 valence electrons. The molecule has 0 saturated carbocycles. The van der Waals surface area contributed by atoms with Crippen molar-refractivity contribution in [2.24, 2.45) is 0 Å². The monoisotopic (exact) mass is 239 g/mol. The van der Waals surface area contributed by atoms with Gasteiger partial charge in [0.25, 0.3) is 0 Å². The maximum absolute atomic E-state index is 5.66. The van der Waals surface area contributed by atoms with Gasteiger partial charge in [-0.15, -0.1) is 0 Å². The molecular formula is C15H17N3. The first kappa shape index (κ1) is 11.1. The van der Waals surface area contributed by atoms with Crippen molar-refractivity contribution in [1.29, 1.82) is 0 Å². The Morgan fingerprint density at radius 1 is 1.06 bits per heavy atom. The quantitative estimate of drug-likeness (QED) is 0.810. The van der Waals surface area contributed by atoms with Crippen LogP contribution in [-0.2, 0) is 19.4 Å². The Kier molecular flexibility index (Phi) is 2.89. The molecule has 0 fully saturated rings. The van der Waals surface area contributed by atoms with E-state index in [4.69, 9.17) is 5.73 Å². The number of aryl methyl sites for hydroxylation is 2. The number of aromatic nitrogens is 1. The van der Waals surface area contributed by atoms with Crippen molar-refractivity contribution in [2.45, 2.75) is 25.8 Å². The second-order valence-corrected chi connectivity index (χ2v) is 4.75. The zero-order valence-electron chi connectivity index (χ0n) is 10.3. The molecule has 1 aromatic carbocycles. The van der Waals surface area contributed by atoms with E-state index >= 15 is 0 Å². The van der Waals surface area contributed by atoms with Crippen molar-refractivity contribution in [1.82, 2.24) is 4.98 Å². The molecule has 0 saturated heterocycles. The van der Waals surface area contributed by atoms with Crippen LogP contribution in [0.1, 0.15) is 23.2 Å². The van der Waals surface area contributed by atoms with Crippen LogP contribution in [0.25, 0.3) is 0 Å². The number of nitrogens with two attached hydrogens (primary N) is 1. The number of anilines is 2. The van der Waals surface area contributed by atoms with Gasteiger partial charge in [-0.05, 0) is 48.6 Å². The fourth-order valence-corrected chi connectivity index (χ4v) is 2.35. The standard InChI is InChI=1S/C15H17N3/c16-13-7-4-11(5-8-13)10-17-15-9-6-12-2-1-3-14(12)18-15/h4-9H,1-3,10,16H2,(H,17,18). The number of pyridine rings is 1. The van der Waals surface area contributed by atoms with Crippen molar-refractivity contribution in [3.63, 3.8) is 0 Å². The van der Waals surface area contributed by atoms with Gasteiger partial charge in [-0.3, -0.25) is 0 Å². The average Bonchev–Trinajstić information content (AvgIpc) is 2.85. The number of benzene rings is 1. The largest absolute Gasteiger partial charge is 0.399 e. The highest BCUT2D eigenvalue weighted by molar-refractivity contribution is 5.43. The minimum Gasteiger partial charge on any atom is -0.399 e. The van der Waals surface area contributed by atoms with E-state index in [1.165, 1.54) is 29.7 Å². The van der Waals surface area contributed by atoms with Gasteiger partial charge in [0, 0.05) is 17.9 Å². The molecule has 1 aromatic heterocycles. The van der Waals surface area contributed by atoms with Crippen LogP contribution in [0.4, 0.5) is 11.5 Å². The van der Waals surface area contributed by atoms with Crippen LogP contribution in [0.5, 0.6) is 0 Å². The lowest BCUT2D eigenvalue weighted by Gasteiger charge is -2.07. The molecular weight excluding hydrogens is 222 g/mol. The van der Waals surface area contributed by atoms with Crippen LogP contribution < -0.4 is 11.1 Å². The van der Waals surface area contributed by atoms with E-state index in [9.17, 15) is 0 Å². The molecule has 0 unspecified atom stereocenters. The number of nitrogens with one attached hydrogen (secondary N) is 1. The van der Waals surface area contributed by atoms with Crippen LogP contribution in [0, 0.1) is 0 Å². The second-order valence-electron chi connectivity index (χ2n) is 4.75. The molecule has 3 N–H and O–H groups in total. The fourth-order valence-electron chi connectivity index (χ4n) is 2.35. The van der Waals surface area contributed by atoms with Gasteiger partial charge < -0.3 is 11.1 Å². The second kappa shape index (κ2) is 4.69. The summed E-state index contributed by atoms with van der Waals surface area (Å²) >= 11 is 0. The lowest BCUT2D eigenvalue weighted by molar-refractivity contribution is 0.899. The van der Waals surface area contributed by atoms with Gasteiger partial charge in [-0.1, -0.05) is 18.2 Å². The van der Waals surface area contributed by atoms with E-state index in [0.717, 1.165) is 24.5 Å². The molecule has 1 aliphatic carbocycles. The van der Waals surface area contributed by atoms with E-state index in [0.29, 0.717) is 0 Å². The minimum absolute atomic E-state index is 0.784. The first-order valence-corrected chi connectivity index (χ1v) is 6.38. The van der Waals surface area contributed by atoms with E-state index < -0.39 is 0 Å². The summed E-state index contributed by atoms with van der Waals surface area (Å²) in [7, 11) is 0. The lowest BCUT2D eigenvalue weighted by Crippen LogP contribution is -2.03. The van der Waals surface area contributed by atoms with Crippen LogP contribution in [-0.4, -0.2) is 4.98 Å². The molecule has 3 nitrogen and oxygen atoms in total. The van der Waals surface area contributed by atoms with Crippen molar-refractivity contribution in [3.8, 4) is 0 Å². The zero-order valence-corrected chi connectivity index (χ0v) is 10.3. The van der Waals surface area contributed by atoms with Crippen molar-refractivity contribution < 1.29 is 0 Å². The maximum atomic E-state index is 5.66. The first-order valence-electron chi connectivity index (χ1n) is 6.38. The molecule has 0 atom stereocenters. The van der Waals surface area contributed by atoms with Gasteiger partial charge in [0.05, 0.1) is 0 Å². The normalized spacial score (nSPS) is 13.3. The molecule has 0 bridgehead atoms. The molecule has 3 heteroatoms. The Hall–Kier alpha value is -2.03. The van der Waals surface area contributed by atoms with E-state index in [1.54, 1.807) is 0 Å². The van der Waals surface area contributed by atoms with Gasteiger partial charge >= 0.3 is 0 Å². The lowest BCUT2D eigenvalue weighted by atomic mass is 10.2. The van der Waals surface area contributed by atoms with Gasteiger partial charge in [0.2, 0.25) is 0 Å². The predicted molar refractivity (Wildman–Crippen MR) is 74.4 cm³/mol. The number of rotatable bonds is 3. The smallest absolute Gasteiger partial charge is 0.126 e. The average molecular weight is 239 g/mol. The fraction of sp³-hybridized carbons (Fsp3) is 0.267. The van der Waals surface area contributed by atoms with Crippen LogP contribution >= 0.6 is 0 Å². The third-order valence-electron chi connectivity index (χ3n) is 3.38. The zero-order chi connectivity index (χ0) is 12.4. The van der Waals surface area contributed by atoms with Gasteiger partial charge in [-0.2, -0.15) is 0 Å². The van der Waals surface area contributed by atoms with Gasteiger partial charge in [0.1, 0.15) is 5.82 Å². The molecule has 0 amide bonds. The summed E-state index contributed by atoms with van der Waals surface area (Å²) in [6.45, 7) is 0.784. The van der Waals surface area contributed by atoms with Crippen LogP contribution in [0.3, 0.4) is 0 Å². The minimum atomic E-state index is 0.784. The summed E-state index contributed by atoms with van der Waals surface area (Å²) < 4.78 is 0. The third-order valence-corrected chi connectivity index (χ3v) is 3.38. The molecule has 0 radical (unpaired) electrons. The molecule has 0 aliphatic heterocycles. The summed E-state index contributed by atoms with van der Waals surface area (Å²) in [4.78, 5) is 4.65. The molecule has 2 aromatic rings. The Morgan fingerprint density at radius 2 is 1.89 bits per heavy atom. The van der Waals surface area contributed by atoms with Crippen LogP contribution in [0.2, 0.25) is 0 Å². The molecule has 3 rings (SSSR count). The Balaban J connectivity index is 1.68. The molecule has 1 heterocycles. The number of fused-ring (bicyclic) bond motifs is 1. The van der Waals surface area contributed by atoms with Gasteiger partial charge in [-0.25, -0.2) is 4.98 Å². The Bertz CT molecular complexity index is 546. The predicted octanol–water partition coefficient (Wildman–Crippen LogP) is 2.76. The number of nitrogens with zero attached hydrogens (tertiary/aromatic N) is 1. The summed E-state index contributed by atoms with van der Waals surface area (Å²) in [5.74, 6) is 0.965. The van der Waals surface area contributed by atoms with Crippen molar-refractivity contribution in [3.05, 3.63) is 53.2 Å². The SMILES string of the molecule is Nc1ccc(CNc2ccc3c(n2)CCC3)cc1. The molecule has 0 spiro atoms. The van der Waals surface area contributed by atoms with E-state index in [1.807, 2.05) is 24.3 Å². The highest BCUT2D eigenvalue weighted by atomic mass is 15.0. The van der Waals surface area contributed by atoms with Gasteiger partial charge in [0.15, 0.2) is 0 Å². The van der Waals surface area contributed by atoms with Crippen LogP contribution in [0.15, 0.2) is 36.4 Å². The summed E-state index contributed by atoms with van der Waals surface area (Å²) in [5, 5.41) is 3.36. The topological polar surface area (TPSA) is 50.9 Å².